The predicted molar refractivity (Wildman–Crippen MR) is 116 cm³/mol. The Morgan fingerprint density at radius 1 is 0.778 bits per heavy atom. The van der Waals surface area contributed by atoms with E-state index in [-0.39, 0.29) is 24.8 Å². The molecule has 0 aliphatic carbocycles. The average molecular weight is 420 g/mol. The molecule has 4 rings (SSSR count). The molecule has 0 atom stereocenters. The number of hydrogen-bond donors (Lipinski definition) is 1. The standard InChI is InChI=1S/C20H15ClN4.2ClH/c21-14-8-10-15(11-9-14)23-20-18-7-2-1-6-17(18)19(24-25-20)13-16-5-3-4-12-22-16;;/h1-12H,13H2,(H,23,25);2*1H. The Morgan fingerprint density at radius 3 is 2.19 bits per heavy atom. The Hall–Kier alpha value is -2.40. The van der Waals surface area contributed by atoms with Gasteiger partial charge < -0.3 is 5.32 Å². The van der Waals surface area contributed by atoms with Crippen molar-refractivity contribution < 1.29 is 0 Å². The molecule has 138 valence electrons. The summed E-state index contributed by atoms with van der Waals surface area (Å²) in [5.74, 6) is 0.725. The molecule has 0 amide bonds. The fourth-order valence-corrected chi connectivity index (χ4v) is 2.85. The van der Waals surface area contributed by atoms with Crippen molar-refractivity contribution in [1.29, 1.82) is 0 Å². The summed E-state index contributed by atoms with van der Waals surface area (Å²) >= 11 is 5.95. The van der Waals surface area contributed by atoms with Crippen LogP contribution in [0.3, 0.4) is 0 Å². The van der Waals surface area contributed by atoms with E-state index in [4.69, 9.17) is 11.6 Å². The second-order valence-corrected chi connectivity index (χ2v) is 6.11. The maximum Gasteiger partial charge on any atom is 0.160 e. The van der Waals surface area contributed by atoms with Crippen molar-refractivity contribution in [3.8, 4) is 0 Å². The first kappa shape index (κ1) is 20.9. The van der Waals surface area contributed by atoms with Crippen molar-refractivity contribution in [2.45, 2.75) is 6.42 Å². The van der Waals surface area contributed by atoms with Crippen molar-refractivity contribution in [2.75, 3.05) is 5.32 Å². The summed E-state index contributed by atoms with van der Waals surface area (Å²) in [6.07, 6.45) is 2.44. The zero-order valence-electron chi connectivity index (χ0n) is 14.2. The monoisotopic (exact) mass is 418 g/mol. The zero-order valence-corrected chi connectivity index (χ0v) is 16.6. The summed E-state index contributed by atoms with van der Waals surface area (Å²) in [7, 11) is 0. The predicted octanol–water partition coefficient (Wildman–Crippen LogP) is 5.86. The van der Waals surface area contributed by atoms with E-state index >= 15 is 0 Å². The third-order valence-electron chi connectivity index (χ3n) is 3.95. The van der Waals surface area contributed by atoms with Gasteiger partial charge in [0.15, 0.2) is 5.82 Å². The van der Waals surface area contributed by atoms with Crippen molar-refractivity contribution in [3.05, 3.63) is 89.3 Å². The number of fused-ring (bicyclic) bond motifs is 1. The molecule has 0 aliphatic heterocycles. The fraction of sp³-hybridized carbons (Fsp3) is 0.0500. The van der Waals surface area contributed by atoms with Crippen molar-refractivity contribution in [2.24, 2.45) is 0 Å². The van der Waals surface area contributed by atoms with Gasteiger partial charge in [-0.25, -0.2) is 0 Å². The van der Waals surface area contributed by atoms with Gasteiger partial charge in [-0.3, -0.25) is 4.98 Å². The second-order valence-electron chi connectivity index (χ2n) is 5.67. The highest BCUT2D eigenvalue weighted by Gasteiger charge is 2.10. The topological polar surface area (TPSA) is 50.7 Å². The summed E-state index contributed by atoms with van der Waals surface area (Å²) in [6, 6.07) is 21.5. The molecule has 0 saturated carbocycles. The summed E-state index contributed by atoms with van der Waals surface area (Å²) in [5.41, 5.74) is 2.80. The molecule has 0 spiro atoms. The maximum atomic E-state index is 5.95. The molecule has 0 saturated heterocycles. The van der Waals surface area contributed by atoms with Crippen LogP contribution in [-0.2, 0) is 6.42 Å². The quantitative estimate of drug-likeness (QED) is 0.450. The van der Waals surface area contributed by atoms with E-state index in [2.05, 4.69) is 26.6 Å². The molecule has 4 aromatic rings. The third-order valence-corrected chi connectivity index (χ3v) is 4.20. The molecule has 0 bridgehead atoms. The van der Waals surface area contributed by atoms with Crippen LogP contribution in [0, 0.1) is 0 Å². The summed E-state index contributed by atoms with van der Waals surface area (Å²) in [5, 5.41) is 14.9. The molecule has 4 nitrogen and oxygen atoms in total. The lowest BCUT2D eigenvalue weighted by atomic mass is 10.1. The number of halogens is 3. The van der Waals surface area contributed by atoms with E-state index < -0.39 is 0 Å². The zero-order chi connectivity index (χ0) is 17.1. The number of anilines is 2. The largest absolute Gasteiger partial charge is 0.338 e. The lowest BCUT2D eigenvalue weighted by Crippen LogP contribution is -2.02. The minimum atomic E-state index is 0. The van der Waals surface area contributed by atoms with Gasteiger partial charge in [0.2, 0.25) is 0 Å². The first-order valence-corrected chi connectivity index (χ1v) is 8.34. The first-order chi connectivity index (χ1) is 12.3. The summed E-state index contributed by atoms with van der Waals surface area (Å²) in [4.78, 5) is 4.38. The molecule has 0 fully saturated rings. The van der Waals surface area contributed by atoms with Gasteiger partial charge in [-0.2, -0.15) is 5.10 Å². The number of hydrogen-bond acceptors (Lipinski definition) is 4. The Labute approximate surface area is 174 Å². The number of benzene rings is 2. The minimum Gasteiger partial charge on any atom is -0.338 e. The second kappa shape index (κ2) is 9.51. The van der Waals surface area contributed by atoms with E-state index in [0.717, 1.165) is 33.7 Å². The Bertz CT molecular complexity index is 1010. The Kier molecular flexibility index (Phi) is 7.36. The van der Waals surface area contributed by atoms with Gasteiger partial charge in [0.05, 0.1) is 5.69 Å². The highest BCUT2D eigenvalue weighted by Crippen LogP contribution is 2.27. The van der Waals surface area contributed by atoms with E-state index in [0.29, 0.717) is 11.4 Å². The van der Waals surface area contributed by atoms with Gasteiger partial charge in [-0.15, -0.1) is 29.9 Å². The van der Waals surface area contributed by atoms with Crippen molar-refractivity contribution in [3.63, 3.8) is 0 Å². The SMILES string of the molecule is Cl.Cl.Clc1ccc(Nc2nnc(Cc3ccccn3)c3ccccc23)cc1. The van der Waals surface area contributed by atoms with Gasteiger partial charge in [0.1, 0.15) is 0 Å². The molecule has 1 N–H and O–H groups in total. The highest BCUT2D eigenvalue weighted by molar-refractivity contribution is 6.30. The molecule has 2 aromatic heterocycles. The fourth-order valence-electron chi connectivity index (χ4n) is 2.73. The van der Waals surface area contributed by atoms with Crippen LogP contribution in [0.5, 0.6) is 0 Å². The number of rotatable bonds is 4. The maximum absolute atomic E-state index is 5.95. The number of nitrogens with zero attached hydrogens (tertiary/aromatic N) is 3. The van der Waals surface area contributed by atoms with Crippen LogP contribution in [0.1, 0.15) is 11.4 Å². The van der Waals surface area contributed by atoms with Crippen molar-refractivity contribution in [1.82, 2.24) is 15.2 Å². The van der Waals surface area contributed by atoms with Crippen LogP contribution >= 0.6 is 36.4 Å². The molecule has 2 heterocycles. The molecule has 7 heteroatoms. The van der Waals surface area contributed by atoms with Gasteiger partial charge in [-0.1, -0.05) is 41.9 Å². The average Bonchev–Trinajstić information content (AvgIpc) is 2.66. The van der Waals surface area contributed by atoms with Crippen LogP contribution in [-0.4, -0.2) is 15.2 Å². The molecule has 0 radical (unpaired) electrons. The Balaban J connectivity index is 0.00000131. The van der Waals surface area contributed by atoms with Crippen molar-refractivity contribution >= 4 is 58.7 Å². The van der Waals surface area contributed by atoms with Gasteiger partial charge in [0.25, 0.3) is 0 Å². The van der Waals surface area contributed by atoms with Crippen LogP contribution < -0.4 is 5.32 Å². The first-order valence-electron chi connectivity index (χ1n) is 7.96. The normalized spacial score (nSPS) is 9.96. The Morgan fingerprint density at radius 2 is 1.48 bits per heavy atom. The lowest BCUT2D eigenvalue weighted by Gasteiger charge is -2.11. The third kappa shape index (κ3) is 4.86. The molecule has 0 unspecified atom stereocenters. The molecular weight excluding hydrogens is 403 g/mol. The van der Waals surface area contributed by atoms with E-state index in [1.165, 1.54) is 0 Å². The van der Waals surface area contributed by atoms with E-state index in [1.807, 2.05) is 60.7 Å². The van der Waals surface area contributed by atoms with Crippen LogP contribution in [0.25, 0.3) is 10.8 Å². The van der Waals surface area contributed by atoms with Crippen LogP contribution in [0.4, 0.5) is 11.5 Å². The number of aromatic nitrogens is 3. The number of pyridine rings is 1. The summed E-state index contributed by atoms with van der Waals surface area (Å²) < 4.78 is 0. The number of nitrogens with one attached hydrogen (secondary N) is 1. The van der Waals surface area contributed by atoms with E-state index in [9.17, 15) is 0 Å². The molecular formula is C20H17Cl3N4. The van der Waals surface area contributed by atoms with E-state index in [1.54, 1.807) is 6.20 Å². The molecule has 0 aliphatic rings. The lowest BCUT2D eigenvalue weighted by molar-refractivity contribution is 0.940. The van der Waals surface area contributed by atoms with Crippen LogP contribution in [0.15, 0.2) is 72.9 Å². The van der Waals surface area contributed by atoms with Crippen LogP contribution in [0.2, 0.25) is 5.02 Å². The molecule has 2 aromatic carbocycles. The van der Waals surface area contributed by atoms with Gasteiger partial charge in [-0.05, 0) is 36.4 Å². The highest BCUT2D eigenvalue weighted by atomic mass is 35.5. The summed E-state index contributed by atoms with van der Waals surface area (Å²) in [6.45, 7) is 0. The smallest absolute Gasteiger partial charge is 0.160 e. The minimum absolute atomic E-state index is 0. The van der Waals surface area contributed by atoms with Gasteiger partial charge in [0, 0.05) is 39.8 Å². The molecule has 27 heavy (non-hydrogen) atoms. The van der Waals surface area contributed by atoms with Gasteiger partial charge >= 0.3 is 0 Å².